The summed E-state index contributed by atoms with van der Waals surface area (Å²) in [6.07, 6.45) is 1.64. The van der Waals surface area contributed by atoms with Crippen LogP contribution in [-0.2, 0) is 4.79 Å². The zero-order valence-electron chi connectivity index (χ0n) is 12.9. The van der Waals surface area contributed by atoms with Crippen LogP contribution < -0.4 is 5.32 Å². The zero-order valence-corrected chi connectivity index (χ0v) is 15.3. The van der Waals surface area contributed by atoms with Crippen molar-refractivity contribution in [2.24, 2.45) is 0 Å². The van der Waals surface area contributed by atoms with Crippen molar-refractivity contribution in [2.45, 2.75) is 12.1 Å². The number of aromatic nitrogens is 3. The lowest BCUT2D eigenvalue weighted by Gasteiger charge is -2.08. The van der Waals surface area contributed by atoms with Crippen molar-refractivity contribution in [3.8, 4) is 5.69 Å². The third-order valence-electron chi connectivity index (χ3n) is 3.28. The van der Waals surface area contributed by atoms with Crippen LogP contribution in [0.1, 0.15) is 5.56 Å². The van der Waals surface area contributed by atoms with E-state index in [-0.39, 0.29) is 11.7 Å². The maximum absolute atomic E-state index is 12.2. The molecule has 0 atom stereocenters. The van der Waals surface area contributed by atoms with Gasteiger partial charge in [-0.1, -0.05) is 36.0 Å². The predicted molar refractivity (Wildman–Crippen MR) is 99.6 cm³/mol. The fraction of sp³-hybridized carbons (Fsp3) is 0.118. The van der Waals surface area contributed by atoms with E-state index < -0.39 is 0 Å². The topological polar surface area (TPSA) is 59.8 Å². The summed E-state index contributed by atoms with van der Waals surface area (Å²) in [6.45, 7) is 2.00. The fourth-order valence-corrected chi connectivity index (χ4v) is 3.45. The van der Waals surface area contributed by atoms with Crippen LogP contribution in [-0.4, -0.2) is 26.4 Å². The number of nitrogens with one attached hydrogen (secondary N) is 1. The number of thioether (sulfide) groups is 1. The highest BCUT2D eigenvalue weighted by atomic mass is 79.9. The molecule has 7 heteroatoms. The van der Waals surface area contributed by atoms with E-state index in [1.807, 2.05) is 60.0 Å². The standard InChI is InChI=1S/C17H15BrN4OS/c1-12-7-8-15(14(18)9-12)20-16(23)10-24-17-21-19-11-22(17)13-5-3-2-4-6-13/h2-9,11H,10H2,1H3,(H,20,23). The van der Waals surface area contributed by atoms with Gasteiger partial charge in [0.25, 0.3) is 0 Å². The van der Waals surface area contributed by atoms with Crippen molar-refractivity contribution >= 4 is 39.3 Å². The van der Waals surface area contributed by atoms with Gasteiger partial charge in [-0.05, 0) is 52.7 Å². The number of benzene rings is 2. The van der Waals surface area contributed by atoms with Gasteiger partial charge in [-0.25, -0.2) is 0 Å². The van der Waals surface area contributed by atoms with Crippen molar-refractivity contribution in [1.29, 1.82) is 0 Å². The highest BCUT2D eigenvalue weighted by Gasteiger charge is 2.11. The van der Waals surface area contributed by atoms with Crippen LogP contribution in [0.25, 0.3) is 5.69 Å². The van der Waals surface area contributed by atoms with E-state index in [0.717, 1.165) is 21.4 Å². The van der Waals surface area contributed by atoms with Crippen LogP contribution in [0.4, 0.5) is 5.69 Å². The Kier molecular flexibility index (Phi) is 5.32. The molecule has 1 aromatic heterocycles. The Morgan fingerprint density at radius 3 is 2.79 bits per heavy atom. The Morgan fingerprint density at radius 1 is 1.25 bits per heavy atom. The Morgan fingerprint density at radius 2 is 2.04 bits per heavy atom. The third-order valence-corrected chi connectivity index (χ3v) is 4.88. The quantitative estimate of drug-likeness (QED) is 0.653. The number of nitrogens with zero attached hydrogens (tertiary/aromatic N) is 3. The Bertz CT molecular complexity index is 851. The lowest BCUT2D eigenvalue weighted by Crippen LogP contribution is -2.15. The molecule has 0 radical (unpaired) electrons. The third kappa shape index (κ3) is 4.04. The van der Waals surface area contributed by atoms with E-state index in [2.05, 4.69) is 31.4 Å². The smallest absolute Gasteiger partial charge is 0.234 e. The lowest BCUT2D eigenvalue weighted by atomic mass is 10.2. The van der Waals surface area contributed by atoms with Crippen molar-refractivity contribution in [1.82, 2.24) is 14.8 Å². The van der Waals surface area contributed by atoms with Crippen molar-refractivity contribution in [2.75, 3.05) is 11.1 Å². The van der Waals surface area contributed by atoms with Crippen LogP contribution in [0.15, 0.2) is 64.5 Å². The largest absolute Gasteiger partial charge is 0.324 e. The Balaban J connectivity index is 1.64. The zero-order chi connectivity index (χ0) is 16.9. The molecule has 0 fully saturated rings. The lowest BCUT2D eigenvalue weighted by molar-refractivity contribution is -0.113. The molecular formula is C17H15BrN4OS. The summed E-state index contributed by atoms with van der Waals surface area (Å²) >= 11 is 4.81. The number of anilines is 1. The molecule has 1 N–H and O–H groups in total. The molecule has 3 aromatic rings. The van der Waals surface area contributed by atoms with Gasteiger partial charge in [-0.15, -0.1) is 10.2 Å². The highest BCUT2D eigenvalue weighted by molar-refractivity contribution is 9.10. The average Bonchev–Trinajstić information content (AvgIpc) is 3.05. The molecule has 122 valence electrons. The first kappa shape index (κ1) is 16.7. The second-order valence-corrected chi connectivity index (χ2v) is 6.94. The van der Waals surface area contributed by atoms with Crippen molar-refractivity contribution in [3.63, 3.8) is 0 Å². The van der Waals surface area contributed by atoms with E-state index in [1.165, 1.54) is 11.8 Å². The van der Waals surface area contributed by atoms with Crippen LogP contribution >= 0.6 is 27.7 Å². The molecule has 5 nitrogen and oxygen atoms in total. The summed E-state index contributed by atoms with van der Waals surface area (Å²) in [4.78, 5) is 12.2. The molecule has 2 aromatic carbocycles. The van der Waals surface area contributed by atoms with Crippen LogP contribution in [0.2, 0.25) is 0 Å². The molecule has 1 heterocycles. The number of para-hydroxylation sites is 1. The van der Waals surface area contributed by atoms with Crippen LogP contribution in [0.3, 0.4) is 0 Å². The van der Waals surface area contributed by atoms with Gasteiger partial charge in [-0.2, -0.15) is 0 Å². The normalized spacial score (nSPS) is 10.6. The summed E-state index contributed by atoms with van der Waals surface area (Å²) in [7, 11) is 0. The number of amides is 1. The van der Waals surface area contributed by atoms with Gasteiger partial charge in [0.2, 0.25) is 5.91 Å². The number of hydrogen-bond donors (Lipinski definition) is 1. The molecule has 1 amide bonds. The maximum Gasteiger partial charge on any atom is 0.234 e. The van der Waals surface area contributed by atoms with E-state index >= 15 is 0 Å². The second-order valence-electron chi connectivity index (χ2n) is 5.14. The number of aryl methyl sites for hydroxylation is 1. The molecular weight excluding hydrogens is 388 g/mol. The molecule has 0 aliphatic heterocycles. The monoisotopic (exact) mass is 402 g/mol. The summed E-state index contributed by atoms with van der Waals surface area (Å²) in [5.74, 6) is 0.165. The minimum atomic E-state index is -0.0906. The minimum absolute atomic E-state index is 0.0906. The van der Waals surface area contributed by atoms with E-state index in [9.17, 15) is 4.79 Å². The van der Waals surface area contributed by atoms with E-state index in [4.69, 9.17) is 0 Å². The number of hydrogen-bond acceptors (Lipinski definition) is 4. The molecule has 24 heavy (non-hydrogen) atoms. The molecule has 3 rings (SSSR count). The number of rotatable bonds is 5. The minimum Gasteiger partial charge on any atom is -0.324 e. The highest BCUT2D eigenvalue weighted by Crippen LogP contribution is 2.24. The molecule has 0 saturated carbocycles. The first-order valence-corrected chi connectivity index (χ1v) is 9.05. The average molecular weight is 403 g/mol. The van der Waals surface area contributed by atoms with Gasteiger partial charge in [0.15, 0.2) is 5.16 Å². The molecule has 0 aliphatic carbocycles. The summed E-state index contributed by atoms with van der Waals surface area (Å²) in [5, 5.41) is 11.6. The van der Waals surface area contributed by atoms with Gasteiger partial charge < -0.3 is 5.32 Å². The molecule has 0 unspecified atom stereocenters. The molecule has 0 aliphatic rings. The Labute approximate surface area is 152 Å². The molecule has 0 spiro atoms. The van der Waals surface area contributed by atoms with Gasteiger partial charge in [0.05, 0.1) is 11.4 Å². The Hall–Kier alpha value is -2.12. The van der Waals surface area contributed by atoms with E-state index in [1.54, 1.807) is 6.33 Å². The first-order valence-electron chi connectivity index (χ1n) is 7.28. The first-order chi connectivity index (χ1) is 11.6. The van der Waals surface area contributed by atoms with Gasteiger partial charge in [-0.3, -0.25) is 9.36 Å². The van der Waals surface area contributed by atoms with Gasteiger partial charge >= 0.3 is 0 Å². The number of carbonyl (C=O) groups excluding carboxylic acids is 1. The predicted octanol–water partition coefficient (Wildman–Crippen LogP) is 4.07. The summed E-state index contributed by atoms with van der Waals surface area (Å²) in [6, 6.07) is 15.6. The number of halogens is 1. The maximum atomic E-state index is 12.2. The van der Waals surface area contributed by atoms with Gasteiger partial charge in [0.1, 0.15) is 6.33 Å². The van der Waals surface area contributed by atoms with E-state index in [0.29, 0.717) is 5.16 Å². The van der Waals surface area contributed by atoms with Crippen LogP contribution in [0, 0.1) is 6.92 Å². The summed E-state index contributed by atoms with van der Waals surface area (Å²) in [5.41, 5.74) is 2.85. The summed E-state index contributed by atoms with van der Waals surface area (Å²) < 4.78 is 2.73. The molecule has 0 bridgehead atoms. The van der Waals surface area contributed by atoms with Gasteiger partial charge in [0, 0.05) is 10.2 Å². The fourth-order valence-electron chi connectivity index (χ4n) is 2.13. The number of carbonyl (C=O) groups is 1. The molecule has 0 saturated heterocycles. The van der Waals surface area contributed by atoms with Crippen molar-refractivity contribution in [3.05, 3.63) is 64.9 Å². The van der Waals surface area contributed by atoms with Crippen molar-refractivity contribution < 1.29 is 4.79 Å². The second kappa shape index (κ2) is 7.63. The SMILES string of the molecule is Cc1ccc(NC(=O)CSc2nncn2-c2ccccc2)c(Br)c1. The van der Waals surface area contributed by atoms with Crippen LogP contribution in [0.5, 0.6) is 0 Å².